The summed E-state index contributed by atoms with van der Waals surface area (Å²) in [5.41, 5.74) is 2.08. The first kappa shape index (κ1) is 19.1. The van der Waals surface area contributed by atoms with Gasteiger partial charge in [0.2, 0.25) is 6.79 Å². The highest BCUT2D eigenvalue weighted by molar-refractivity contribution is 6.78. The third-order valence-corrected chi connectivity index (χ3v) is 9.44. The first-order chi connectivity index (χ1) is 12.3. The highest BCUT2D eigenvalue weighted by Gasteiger charge is 2.36. The van der Waals surface area contributed by atoms with E-state index in [1.54, 1.807) is 6.20 Å². The van der Waals surface area contributed by atoms with Gasteiger partial charge in [0.25, 0.3) is 0 Å². The minimum Gasteiger partial charge on any atom is -0.454 e. The molecule has 140 valence electrons. The Hall–Kier alpha value is -1.72. The fourth-order valence-electron chi connectivity index (χ4n) is 2.68. The van der Waals surface area contributed by atoms with Crippen molar-refractivity contribution in [3.8, 4) is 11.5 Å². The quantitative estimate of drug-likeness (QED) is 0.635. The maximum absolute atomic E-state index is 6.32. The Balaban J connectivity index is 1.52. The second kappa shape index (κ2) is 7.89. The van der Waals surface area contributed by atoms with Crippen molar-refractivity contribution in [1.29, 1.82) is 0 Å². The van der Waals surface area contributed by atoms with Crippen LogP contribution in [0.1, 0.15) is 11.1 Å². The summed E-state index contributed by atoms with van der Waals surface area (Å²) in [5, 5.41) is 0. The van der Waals surface area contributed by atoms with E-state index >= 15 is 0 Å². The number of ether oxygens (including phenoxy) is 2. The molecule has 0 atom stereocenters. The summed E-state index contributed by atoms with van der Waals surface area (Å²) in [6, 6.07) is 9.75. The van der Waals surface area contributed by atoms with Gasteiger partial charge in [-0.05, 0) is 55.5 Å². The predicted molar refractivity (Wildman–Crippen MR) is 102 cm³/mol. The van der Waals surface area contributed by atoms with Crippen molar-refractivity contribution in [2.75, 3.05) is 6.79 Å². The lowest BCUT2D eigenvalue weighted by Gasteiger charge is -2.32. The van der Waals surface area contributed by atoms with E-state index in [-0.39, 0.29) is 6.79 Å². The molecule has 0 spiro atoms. The zero-order valence-electron chi connectivity index (χ0n) is 15.7. The van der Waals surface area contributed by atoms with Gasteiger partial charge in [0.1, 0.15) is 0 Å². The third kappa shape index (κ3) is 5.39. The number of rotatable bonds is 8. The van der Waals surface area contributed by atoms with Crippen LogP contribution in [0, 0.1) is 0 Å². The summed E-state index contributed by atoms with van der Waals surface area (Å²) in [5.74, 6) is 1.54. The topological polar surface area (TPSA) is 59.0 Å². The molecule has 0 N–H and O–H groups in total. The summed E-state index contributed by atoms with van der Waals surface area (Å²) in [6.45, 7) is 9.42. The molecule has 8 heteroatoms. The van der Waals surface area contributed by atoms with Crippen molar-refractivity contribution >= 4 is 17.1 Å². The molecule has 6 nitrogen and oxygen atoms in total. The molecule has 0 fully saturated rings. The predicted octanol–water partition coefficient (Wildman–Crippen LogP) is 3.96. The monoisotopic (exact) mass is 391 g/mol. The van der Waals surface area contributed by atoms with E-state index in [1.807, 2.05) is 62.7 Å². The number of fused-ring (bicyclic) bond motifs is 1. The van der Waals surface area contributed by atoms with Crippen LogP contribution in [0.15, 0.2) is 42.7 Å². The second-order valence-corrected chi connectivity index (χ2v) is 14.0. The van der Waals surface area contributed by atoms with Crippen molar-refractivity contribution < 1.29 is 22.4 Å². The number of benzene rings is 1. The maximum Gasteiger partial charge on any atom is 0.323 e. The van der Waals surface area contributed by atoms with E-state index < -0.39 is 17.1 Å². The Kier molecular flexibility index (Phi) is 5.78. The number of nitrogens with zero attached hydrogens (tertiary/aromatic N) is 1. The van der Waals surface area contributed by atoms with Crippen molar-refractivity contribution in [2.24, 2.45) is 0 Å². The second-order valence-electron chi connectivity index (χ2n) is 7.03. The molecule has 2 aromatic rings. The number of hydrogen-bond donors (Lipinski definition) is 0. The van der Waals surface area contributed by atoms with E-state index in [0.29, 0.717) is 13.2 Å². The molecule has 1 aromatic heterocycles. The van der Waals surface area contributed by atoms with Crippen molar-refractivity contribution in [1.82, 2.24) is 4.98 Å². The molecule has 1 aliphatic heterocycles. The maximum atomic E-state index is 6.32. The minimum atomic E-state index is -2.34. The molecular weight excluding hydrogens is 366 g/mol. The van der Waals surface area contributed by atoms with Gasteiger partial charge in [-0.3, -0.25) is 4.98 Å². The van der Waals surface area contributed by atoms with Crippen LogP contribution in [0.3, 0.4) is 0 Å². The number of hydrogen-bond acceptors (Lipinski definition) is 6. The Labute approximate surface area is 156 Å². The lowest BCUT2D eigenvalue weighted by molar-refractivity contribution is 0.173. The molecule has 0 unspecified atom stereocenters. The summed E-state index contributed by atoms with van der Waals surface area (Å²) >= 11 is 0. The van der Waals surface area contributed by atoms with Crippen LogP contribution in [0.25, 0.3) is 0 Å². The average Bonchev–Trinajstić information content (AvgIpc) is 3.06. The minimum absolute atomic E-state index is 0.275. The zero-order valence-corrected chi connectivity index (χ0v) is 17.7. The molecule has 0 saturated carbocycles. The summed E-state index contributed by atoms with van der Waals surface area (Å²) in [6.07, 6.45) is 3.56. The molecule has 0 saturated heterocycles. The smallest absolute Gasteiger partial charge is 0.323 e. The normalized spacial score (nSPS) is 13.8. The largest absolute Gasteiger partial charge is 0.454 e. The van der Waals surface area contributed by atoms with Gasteiger partial charge in [0, 0.05) is 12.4 Å². The van der Waals surface area contributed by atoms with Crippen LogP contribution in [-0.2, 0) is 26.2 Å². The summed E-state index contributed by atoms with van der Waals surface area (Å²) in [7, 11) is -4.65. The molecule has 0 radical (unpaired) electrons. The first-order valence-electron chi connectivity index (χ1n) is 8.59. The number of aromatic nitrogens is 1. The highest BCUT2D eigenvalue weighted by Crippen LogP contribution is 2.33. The molecular formula is C18H25NO5Si2. The molecule has 26 heavy (non-hydrogen) atoms. The van der Waals surface area contributed by atoms with Gasteiger partial charge in [0.15, 0.2) is 11.5 Å². The van der Waals surface area contributed by atoms with Crippen molar-refractivity contribution in [3.63, 3.8) is 0 Å². The van der Waals surface area contributed by atoms with E-state index in [9.17, 15) is 0 Å². The van der Waals surface area contributed by atoms with Crippen LogP contribution < -0.4 is 9.47 Å². The van der Waals surface area contributed by atoms with E-state index in [4.69, 9.17) is 22.4 Å². The van der Waals surface area contributed by atoms with Gasteiger partial charge in [-0.2, -0.15) is 0 Å². The van der Waals surface area contributed by atoms with E-state index in [1.165, 1.54) is 0 Å². The fraction of sp³-hybridized carbons (Fsp3) is 0.389. The van der Waals surface area contributed by atoms with Gasteiger partial charge >= 0.3 is 17.1 Å². The van der Waals surface area contributed by atoms with E-state index in [2.05, 4.69) is 4.98 Å². The standard InChI is InChI=1S/C18H25NO5Si2/c1-25(2,22-12-15-7-8-17-18(10-15)21-14-20-17)24-26(3,4)23-13-16-6-5-9-19-11-16/h5-11H,12-14H2,1-4H3. The summed E-state index contributed by atoms with van der Waals surface area (Å²) < 4.78 is 29.2. The first-order valence-corrected chi connectivity index (χ1v) is 14.2. The van der Waals surface area contributed by atoms with E-state index in [0.717, 1.165) is 22.6 Å². The van der Waals surface area contributed by atoms with Gasteiger partial charge < -0.3 is 22.4 Å². The third-order valence-electron chi connectivity index (χ3n) is 3.82. The number of pyridine rings is 1. The molecule has 0 bridgehead atoms. The Morgan fingerprint density at radius 2 is 1.62 bits per heavy atom. The van der Waals surface area contributed by atoms with Gasteiger partial charge in [-0.1, -0.05) is 12.1 Å². The van der Waals surface area contributed by atoms with Crippen LogP contribution in [0.5, 0.6) is 11.5 Å². The summed E-state index contributed by atoms with van der Waals surface area (Å²) in [4.78, 5) is 4.11. The van der Waals surface area contributed by atoms with Crippen molar-refractivity contribution in [2.45, 2.75) is 39.4 Å². The molecule has 3 rings (SSSR count). The van der Waals surface area contributed by atoms with Crippen LogP contribution in [0.4, 0.5) is 0 Å². The highest BCUT2D eigenvalue weighted by atomic mass is 28.5. The molecule has 0 amide bonds. The SMILES string of the molecule is C[Si](C)(OCc1cccnc1)O[Si](C)(C)OCc1ccc2c(c1)OCO2. The lowest BCUT2D eigenvalue weighted by Crippen LogP contribution is -2.48. The average molecular weight is 392 g/mol. The van der Waals surface area contributed by atoms with Gasteiger partial charge in [0.05, 0.1) is 13.2 Å². The lowest BCUT2D eigenvalue weighted by atomic mass is 10.2. The van der Waals surface area contributed by atoms with Gasteiger partial charge in [-0.25, -0.2) is 0 Å². The molecule has 1 aliphatic rings. The van der Waals surface area contributed by atoms with Crippen LogP contribution in [0.2, 0.25) is 26.2 Å². The fourth-order valence-corrected chi connectivity index (χ4v) is 8.91. The van der Waals surface area contributed by atoms with Crippen LogP contribution in [-0.4, -0.2) is 28.9 Å². The Bertz CT molecular complexity index is 740. The zero-order chi connectivity index (χ0) is 18.6. The van der Waals surface area contributed by atoms with Crippen LogP contribution >= 0.6 is 0 Å². The Morgan fingerprint density at radius 1 is 0.923 bits per heavy atom. The molecule has 2 heterocycles. The molecule has 0 aliphatic carbocycles. The van der Waals surface area contributed by atoms with Gasteiger partial charge in [-0.15, -0.1) is 0 Å². The molecule has 1 aromatic carbocycles. The van der Waals surface area contributed by atoms with Crippen molar-refractivity contribution in [3.05, 3.63) is 53.9 Å². The Morgan fingerprint density at radius 3 is 2.31 bits per heavy atom.